The Hall–Kier alpha value is -1.57. The third-order valence-electron chi connectivity index (χ3n) is 7.63. The van der Waals surface area contributed by atoms with E-state index in [0.717, 1.165) is 62.9 Å². The lowest BCUT2D eigenvalue weighted by molar-refractivity contribution is 0.138. The highest BCUT2D eigenvalue weighted by atomic mass is 31.2. The second kappa shape index (κ2) is 17.9. The highest BCUT2D eigenvalue weighted by Crippen LogP contribution is 2.47. The number of hydrogen-bond donors (Lipinski definition) is 0. The average Bonchev–Trinajstić information content (AvgIpc) is 2.94. The van der Waals surface area contributed by atoms with Gasteiger partial charge in [0.2, 0.25) is 0 Å². The minimum atomic E-state index is -1.55. The maximum Gasteiger partial charge on any atom is 0.463 e. The van der Waals surface area contributed by atoms with Gasteiger partial charge < -0.3 is 9.05 Å². The molecule has 0 radical (unpaired) electrons. The molecule has 1 fully saturated rings. The van der Waals surface area contributed by atoms with Crippen molar-refractivity contribution in [3.63, 3.8) is 0 Å². The van der Waals surface area contributed by atoms with Crippen molar-refractivity contribution in [2.75, 3.05) is 0 Å². The molecule has 0 saturated heterocycles. The molecule has 0 unspecified atom stereocenters. The lowest BCUT2D eigenvalue weighted by atomic mass is 9.98. The molecule has 0 N–H and O–H groups in total. The highest BCUT2D eigenvalue weighted by molar-refractivity contribution is 7.42. The number of aryl methyl sites for hydroxylation is 4. The van der Waals surface area contributed by atoms with E-state index in [1.807, 2.05) is 0 Å². The van der Waals surface area contributed by atoms with Crippen LogP contribution in [0, 0.1) is 0 Å². The van der Waals surface area contributed by atoms with Crippen molar-refractivity contribution in [1.29, 1.82) is 0 Å². The van der Waals surface area contributed by atoms with Crippen LogP contribution in [0.4, 0.5) is 0 Å². The average molecular weight is 541 g/mol. The van der Waals surface area contributed by atoms with Gasteiger partial charge in [-0.2, -0.15) is 0 Å². The zero-order valence-electron chi connectivity index (χ0n) is 24.7. The van der Waals surface area contributed by atoms with Crippen molar-refractivity contribution in [2.24, 2.45) is 0 Å². The molecule has 2 aromatic rings. The topological polar surface area (TPSA) is 27.7 Å². The Bertz CT molecular complexity index is 856. The van der Waals surface area contributed by atoms with E-state index in [1.165, 1.54) is 80.0 Å². The van der Waals surface area contributed by atoms with Crippen molar-refractivity contribution in [1.82, 2.24) is 0 Å². The smallest absolute Gasteiger partial charge is 0.417 e. The second-order valence-corrected chi connectivity index (χ2v) is 12.1. The zero-order chi connectivity index (χ0) is 27.0. The molecule has 0 aliphatic heterocycles. The summed E-state index contributed by atoms with van der Waals surface area (Å²) in [6, 6.07) is 13.7. The molecule has 38 heavy (non-hydrogen) atoms. The van der Waals surface area contributed by atoms with Crippen LogP contribution >= 0.6 is 8.60 Å². The summed E-state index contributed by atoms with van der Waals surface area (Å²) in [6.07, 6.45) is 19.9. The van der Waals surface area contributed by atoms with Crippen molar-refractivity contribution in [3.05, 3.63) is 58.7 Å². The maximum atomic E-state index is 6.77. The van der Waals surface area contributed by atoms with Crippen LogP contribution in [0.25, 0.3) is 0 Å². The first-order valence-electron chi connectivity index (χ1n) is 15.7. The van der Waals surface area contributed by atoms with Crippen molar-refractivity contribution >= 4 is 8.60 Å². The van der Waals surface area contributed by atoms with E-state index in [9.17, 15) is 0 Å². The summed E-state index contributed by atoms with van der Waals surface area (Å²) in [5, 5.41) is 0. The molecule has 0 aromatic heterocycles. The van der Waals surface area contributed by atoms with Crippen LogP contribution in [0.15, 0.2) is 36.4 Å². The van der Waals surface area contributed by atoms with E-state index in [0.29, 0.717) is 0 Å². The third kappa shape index (κ3) is 10.5. The number of hydrogen-bond acceptors (Lipinski definition) is 3. The molecule has 0 bridgehead atoms. The Morgan fingerprint density at radius 1 is 0.605 bits per heavy atom. The van der Waals surface area contributed by atoms with Crippen molar-refractivity contribution < 1.29 is 13.6 Å². The highest BCUT2D eigenvalue weighted by Gasteiger charge is 2.27. The van der Waals surface area contributed by atoms with Crippen LogP contribution in [0.3, 0.4) is 0 Å². The Kier molecular flexibility index (Phi) is 14.6. The molecule has 1 aliphatic carbocycles. The number of unbranched alkanes of at least 4 members (excludes halogenated alkanes) is 4. The quantitative estimate of drug-likeness (QED) is 0.176. The summed E-state index contributed by atoms with van der Waals surface area (Å²) in [7, 11) is -1.55. The van der Waals surface area contributed by atoms with Gasteiger partial charge in [-0.3, -0.25) is 4.52 Å². The summed E-state index contributed by atoms with van der Waals surface area (Å²) in [6.45, 7) is 9.01. The number of benzene rings is 2. The summed E-state index contributed by atoms with van der Waals surface area (Å²) >= 11 is 0. The Morgan fingerprint density at radius 2 is 1.05 bits per heavy atom. The van der Waals surface area contributed by atoms with Gasteiger partial charge in [-0.15, -0.1) is 0 Å². The lowest BCUT2D eigenvalue weighted by Gasteiger charge is -2.27. The molecule has 1 saturated carbocycles. The second-order valence-electron chi connectivity index (χ2n) is 11.1. The van der Waals surface area contributed by atoms with Crippen LogP contribution in [0.5, 0.6) is 11.5 Å². The molecule has 0 amide bonds. The lowest BCUT2D eigenvalue weighted by Crippen LogP contribution is -2.17. The van der Waals surface area contributed by atoms with E-state index in [4.69, 9.17) is 13.6 Å². The molecule has 0 atom stereocenters. The van der Waals surface area contributed by atoms with E-state index < -0.39 is 8.60 Å². The van der Waals surface area contributed by atoms with E-state index in [-0.39, 0.29) is 6.10 Å². The van der Waals surface area contributed by atoms with Gasteiger partial charge in [0.1, 0.15) is 11.5 Å². The molecular formula is C34H53O3P. The van der Waals surface area contributed by atoms with Crippen LogP contribution < -0.4 is 9.05 Å². The summed E-state index contributed by atoms with van der Waals surface area (Å²) < 4.78 is 20.2. The molecular weight excluding hydrogens is 487 g/mol. The molecule has 2 aromatic carbocycles. The SMILES string of the molecule is CCCCc1ccc(CCCC)c(OP(Oc2cc(CCCC)ccc2CCCC)OC2CCCCC2)c1. The van der Waals surface area contributed by atoms with E-state index >= 15 is 0 Å². The van der Waals surface area contributed by atoms with Crippen LogP contribution in [-0.2, 0) is 30.2 Å². The molecule has 212 valence electrons. The molecule has 1 aliphatic rings. The third-order valence-corrected chi connectivity index (χ3v) is 8.80. The maximum absolute atomic E-state index is 6.77. The fourth-order valence-electron chi connectivity index (χ4n) is 5.10. The van der Waals surface area contributed by atoms with E-state index in [1.54, 1.807) is 0 Å². The summed E-state index contributed by atoms with van der Waals surface area (Å²) in [4.78, 5) is 0. The zero-order valence-corrected chi connectivity index (χ0v) is 25.6. The van der Waals surface area contributed by atoms with Gasteiger partial charge in [-0.1, -0.05) is 96.9 Å². The minimum Gasteiger partial charge on any atom is -0.417 e. The van der Waals surface area contributed by atoms with Gasteiger partial charge in [-0.25, -0.2) is 0 Å². The van der Waals surface area contributed by atoms with Crippen LogP contribution in [0.1, 0.15) is 133 Å². The Labute approximate surface area is 235 Å². The normalized spacial score (nSPS) is 14.2. The molecule has 0 heterocycles. The van der Waals surface area contributed by atoms with Gasteiger partial charge in [0.25, 0.3) is 0 Å². The first-order chi connectivity index (χ1) is 18.7. The van der Waals surface area contributed by atoms with Gasteiger partial charge >= 0.3 is 8.60 Å². The van der Waals surface area contributed by atoms with Gasteiger partial charge in [0.15, 0.2) is 0 Å². The van der Waals surface area contributed by atoms with Crippen LogP contribution in [0.2, 0.25) is 0 Å². The molecule has 4 heteroatoms. The largest absolute Gasteiger partial charge is 0.463 e. The van der Waals surface area contributed by atoms with Gasteiger partial charge in [0, 0.05) is 0 Å². The monoisotopic (exact) mass is 540 g/mol. The van der Waals surface area contributed by atoms with E-state index in [2.05, 4.69) is 64.1 Å². The van der Waals surface area contributed by atoms with Crippen molar-refractivity contribution in [2.45, 2.75) is 143 Å². The first kappa shape index (κ1) is 31.0. The summed E-state index contributed by atoms with van der Waals surface area (Å²) in [5.74, 6) is 1.93. The fourth-order valence-corrected chi connectivity index (χ4v) is 6.34. The minimum absolute atomic E-state index is 0.222. The molecule has 3 nitrogen and oxygen atoms in total. The number of rotatable bonds is 18. The predicted molar refractivity (Wildman–Crippen MR) is 163 cm³/mol. The van der Waals surface area contributed by atoms with Gasteiger partial charge in [-0.05, 0) is 98.6 Å². The summed E-state index contributed by atoms with van der Waals surface area (Å²) in [5.41, 5.74) is 5.25. The molecule has 3 rings (SSSR count). The van der Waals surface area contributed by atoms with Gasteiger partial charge in [0.05, 0.1) is 6.10 Å². The standard InChI is InChI=1S/C34H53O3P/c1-5-9-16-28-22-24-30(18-11-7-3)33(26-28)36-38(35-32-20-14-13-15-21-32)37-34-27-29(17-10-6-2)23-25-31(34)19-12-8-4/h22-27,32H,5-21H2,1-4H3. The predicted octanol–water partition coefficient (Wildman–Crippen LogP) is 11.1. The van der Waals surface area contributed by atoms with Crippen molar-refractivity contribution in [3.8, 4) is 11.5 Å². The fraction of sp³-hybridized carbons (Fsp3) is 0.647. The Morgan fingerprint density at radius 3 is 1.50 bits per heavy atom. The molecule has 0 spiro atoms. The van der Waals surface area contributed by atoms with Crippen LogP contribution in [-0.4, -0.2) is 6.10 Å². The Balaban J connectivity index is 1.90. The first-order valence-corrected chi connectivity index (χ1v) is 16.8.